The molecule has 1 N–H and O–H groups in total. The minimum Gasteiger partial charge on any atom is -0.495 e. The third-order valence-electron chi connectivity index (χ3n) is 5.79. The molecule has 3 rings (SSSR count). The molecule has 0 spiro atoms. The molecule has 1 fully saturated rings. The first kappa shape index (κ1) is 24.4. The van der Waals surface area contributed by atoms with Gasteiger partial charge in [-0.1, -0.05) is 45.0 Å². The van der Waals surface area contributed by atoms with Crippen molar-refractivity contribution in [3.63, 3.8) is 0 Å². The molecule has 176 valence electrons. The fraction of sp³-hybridized carbons (Fsp3) is 0.538. The lowest BCUT2D eigenvalue weighted by molar-refractivity contribution is 0.00717. The van der Waals surface area contributed by atoms with Gasteiger partial charge < -0.3 is 24.2 Å². The van der Waals surface area contributed by atoms with Crippen LogP contribution in [0.25, 0.3) is 0 Å². The van der Waals surface area contributed by atoms with Crippen LogP contribution < -0.4 is 14.4 Å². The van der Waals surface area contributed by atoms with E-state index < -0.39 is 6.10 Å². The normalized spacial score (nSPS) is 16.1. The maximum absolute atomic E-state index is 10.3. The molecule has 0 radical (unpaired) electrons. The zero-order valence-electron chi connectivity index (χ0n) is 19.9. The van der Waals surface area contributed by atoms with E-state index in [0.717, 1.165) is 43.4 Å². The Morgan fingerprint density at radius 1 is 0.938 bits per heavy atom. The van der Waals surface area contributed by atoms with Crippen molar-refractivity contribution in [2.24, 2.45) is 0 Å². The van der Waals surface area contributed by atoms with Gasteiger partial charge in [0.2, 0.25) is 0 Å². The zero-order chi connectivity index (χ0) is 23.0. The number of piperazine rings is 1. The molecule has 6 nitrogen and oxygen atoms in total. The Morgan fingerprint density at radius 2 is 1.62 bits per heavy atom. The number of anilines is 1. The number of hydrogen-bond acceptors (Lipinski definition) is 6. The second-order valence-electron chi connectivity index (χ2n) is 9.31. The van der Waals surface area contributed by atoms with Crippen molar-refractivity contribution in [3.8, 4) is 11.5 Å². The third kappa shape index (κ3) is 7.12. The van der Waals surface area contributed by atoms with Crippen LogP contribution in [-0.2, 0) is 10.2 Å². The molecule has 1 aliphatic heterocycles. The Bertz CT molecular complexity index is 811. The van der Waals surface area contributed by atoms with E-state index in [2.05, 4.69) is 48.8 Å². The van der Waals surface area contributed by atoms with Crippen LogP contribution in [0.2, 0.25) is 0 Å². The molecular formula is C26H38N2O4. The van der Waals surface area contributed by atoms with E-state index >= 15 is 0 Å². The van der Waals surface area contributed by atoms with Crippen molar-refractivity contribution in [1.82, 2.24) is 4.90 Å². The molecule has 0 amide bonds. The first-order chi connectivity index (χ1) is 15.4. The van der Waals surface area contributed by atoms with Gasteiger partial charge in [0.05, 0.1) is 32.1 Å². The Kier molecular flexibility index (Phi) is 8.79. The lowest BCUT2D eigenvalue weighted by Gasteiger charge is -2.37. The number of ether oxygens (including phenoxy) is 3. The van der Waals surface area contributed by atoms with Gasteiger partial charge in [0.1, 0.15) is 18.1 Å². The van der Waals surface area contributed by atoms with Crippen molar-refractivity contribution < 1.29 is 19.3 Å². The monoisotopic (exact) mass is 442 g/mol. The summed E-state index contributed by atoms with van der Waals surface area (Å²) in [4.78, 5) is 4.62. The first-order valence-electron chi connectivity index (χ1n) is 11.5. The summed E-state index contributed by atoms with van der Waals surface area (Å²) in [5.41, 5.74) is 2.55. The number of aliphatic hydroxyl groups excluding tert-OH is 1. The SMILES string of the molecule is COc1ccccc1N1CCN(CC(O)COCCOc2ccc(C(C)(C)C)cc2)CC1. The molecule has 1 atom stereocenters. The number of benzene rings is 2. The zero-order valence-corrected chi connectivity index (χ0v) is 19.9. The van der Waals surface area contributed by atoms with Crippen LogP contribution in [0, 0.1) is 0 Å². The van der Waals surface area contributed by atoms with E-state index in [1.165, 1.54) is 5.56 Å². The second kappa shape index (κ2) is 11.5. The molecule has 1 saturated heterocycles. The standard InChI is InChI=1S/C26H38N2O4/c1-26(2,3)21-9-11-23(12-10-21)32-18-17-31-20-22(29)19-27-13-15-28(16-14-27)24-7-5-6-8-25(24)30-4/h5-12,22,29H,13-20H2,1-4H3. The van der Waals surface area contributed by atoms with Gasteiger partial charge >= 0.3 is 0 Å². The quantitative estimate of drug-likeness (QED) is 0.568. The lowest BCUT2D eigenvalue weighted by atomic mass is 9.87. The summed E-state index contributed by atoms with van der Waals surface area (Å²) in [5, 5.41) is 10.3. The summed E-state index contributed by atoms with van der Waals surface area (Å²) in [7, 11) is 1.71. The Balaban J connectivity index is 1.30. The maximum Gasteiger partial charge on any atom is 0.142 e. The second-order valence-corrected chi connectivity index (χ2v) is 9.31. The summed E-state index contributed by atoms with van der Waals surface area (Å²) in [6.45, 7) is 12.1. The predicted molar refractivity (Wildman–Crippen MR) is 129 cm³/mol. The van der Waals surface area contributed by atoms with Gasteiger partial charge in [0, 0.05) is 32.7 Å². The summed E-state index contributed by atoms with van der Waals surface area (Å²) >= 11 is 0. The Morgan fingerprint density at radius 3 is 2.28 bits per heavy atom. The van der Waals surface area contributed by atoms with Gasteiger partial charge in [0.25, 0.3) is 0 Å². The molecule has 1 unspecified atom stereocenters. The molecule has 1 aliphatic rings. The van der Waals surface area contributed by atoms with Gasteiger partial charge in [0.15, 0.2) is 0 Å². The summed E-state index contributed by atoms with van der Waals surface area (Å²) in [6, 6.07) is 16.3. The number of aliphatic hydroxyl groups is 1. The smallest absolute Gasteiger partial charge is 0.142 e. The van der Waals surface area contributed by atoms with Gasteiger partial charge in [-0.15, -0.1) is 0 Å². The van der Waals surface area contributed by atoms with Crippen LogP contribution >= 0.6 is 0 Å². The minimum absolute atomic E-state index is 0.138. The highest BCUT2D eigenvalue weighted by Gasteiger charge is 2.21. The number of β-amino-alcohol motifs (C(OH)–C–C–N with tert-alkyl or cyclic N) is 1. The van der Waals surface area contributed by atoms with Crippen molar-refractivity contribution in [3.05, 3.63) is 54.1 Å². The molecule has 1 heterocycles. The van der Waals surface area contributed by atoms with Gasteiger partial charge in [-0.3, -0.25) is 4.90 Å². The van der Waals surface area contributed by atoms with E-state index in [1.54, 1.807) is 7.11 Å². The van der Waals surface area contributed by atoms with Crippen LogP contribution in [0.3, 0.4) is 0 Å². The highest BCUT2D eigenvalue weighted by atomic mass is 16.5. The van der Waals surface area contributed by atoms with Crippen LogP contribution in [0.4, 0.5) is 5.69 Å². The van der Waals surface area contributed by atoms with E-state index in [0.29, 0.717) is 26.4 Å². The molecular weight excluding hydrogens is 404 g/mol. The topological polar surface area (TPSA) is 54.4 Å². The van der Waals surface area contributed by atoms with Crippen LogP contribution in [0.15, 0.2) is 48.5 Å². The average molecular weight is 443 g/mol. The van der Waals surface area contributed by atoms with E-state index in [-0.39, 0.29) is 5.41 Å². The fourth-order valence-electron chi connectivity index (χ4n) is 3.90. The average Bonchev–Trinajstić information content (AvgIpc) is 2.79. The summed E-state index contributed by atoms with van der Waals surface area (Å²) < 4.78 is 16.9. The molecule has 6 heteroatoms. The molecule has 2 aromatic rings. The number of methoxy groups -OCH3 is 1. The summed E-state index contributed by atoms with van der Waals surface area (Å²) in [6.07, 6.45) is -0.501. The lowest BCUT2D eigenvalue weighted by Crippen LogP contribution is -2.49. The van der Waals surface area contributed by atoms with Crippen molar-refractivity contribution in [1.29, 1.82) is 0 Å². The van der Waals surface area contributed by atoms with Gasteiger partial charge in [-0.25, -0.2) is 0 Å². The number of nitrogens with zero attached hydrogens (tertiary/aromatic N) is 2. The van der Waals surface area contributed by atoms with Crippen LogP contribution in [-0.4, -0.2) is 75.8 Å². The van der Waals surface area contributed by atoms with Crippen molar-refractivity contribution >= 4 is 5.69 Å². The maximum atomic E-state index is 10.3. The Labute approximate surface area is 192 Å². The van der Waals surface area contributed by atoms with Crippen molar-refractivity contribution in [2.75, 3.05) is 64.6 Å². The van der Waals surface area contributed by atoms with Gasteiger partial charge in [-0.2, -0.15) is 0 Å². The fourth-order valence-corrected chi connectivity index (χ4v) is 3.90. The molecule has 0 aliphatic carbocycles. The molecule has 0 aromatic heterocycles. The molecule has 0 bridgehead atoms. The van der Waals surface area contributed by atoms with E-state index in [9.17, 15) is 5.11 Å². The minimum atomic E-state index is -0.501. The predicted octanol–water partition coefficient (Wildman–Crippen LogP) is 3.57. The number of para-hydroxylation sites is 2. The van der Waals surface area contributed by atoms with Crippen LogP contribution in [0.1, 0.15) is 26.3 Å². The van der Waals surface area contributed by atoms with E-state index in [1.807, 2.05) is 30.3 Å². The Hall–Kier alpha value is -2.28. The highest BCUT2D eigenvalue weighted by Crippen LogP contribution is 2.28. The first-order valence-corrected chi connectivity index (χ1v) is 11.5. The van der Waals surface area contributed by atoms with Crippen LogP contribution in [0.5, 0.6) is 11.5 Å². The van der Waals surface area contributed by atoms with Crippen molar-refractivity contribution in [2.45, 2.75) is 32.3 Å². The van der Waals surface area contributed by atoms with Gasteiger partial charge in [-0.05, 0) is 35.2 Å². The van der Waals surface area contributed by atoms with E-state index in [4.69, 9.17) is 14.2 Å². The number of hydrogen-bond donors (Lipinski definition) is 1. The highest BCUT2D eigenvalue weighted by molar-refractivity contribution is 5.58. The number of rotatable bonds is 10. The third-order valence-corrected chi connectivity index (χ3v) is 5.79. The molecule has 0 saturated carbocycles. The summed E-state index contributed by atoms with van der Waals surface area (Å²) in [5.74, 6) is 1.75. The molecule has 2 aromatic carbocycles. The molecule has 32 heavy (non-hydrogen) atoms. The largest absolute Gasteiger partial charge is 0.495 e.